The second-order valence-electron chi connectivity index (χ2n) is 12.8. The van der Waals surface area contributed by atoms with Crippen LogP contribution in [-0.4, -0.2) is 5.38 Å². The molecular formula is C37H75Cl. The van der Waals surface area contributed by atoms with Gasteiger partial charge in [0.05, 0.1) is 0 Å². The molecule has 0 aliphatic carbocycles. The van der Waals surface area contributed by atoms with Crippen molar-refractivity contribution >= 4 is 11.6 Å². The lowest BCUT2D eigenvalue weighted by Gasteiger charge is -2.09. The van der Waals surface area contributed by atoms with E-state index in [4.69, 9.17) is 11.6 Å². The van der Waals surface area contributed by atoms with E-state index in [1.54, 1.807) is 0 Å². The summed E-state index contributed by atoms with van der Waals surface area (Å²) in [5.74, 6) is 0. The Morgan fingerprint density at radius 3 is 0.605 bits per heavy atom. The number of halogens is 1. The molecule has 38 heavy (non-hydrogen) atoms. The molecule has 0 saturated carbocycles. The second kappa shape index (κ2) is 35.3. The maximum atomic E-state index is 6.55. The molecule has 0 rings (SSSR count). The fourth-order valence-electron chi connectivity index (χ4n) is 5.97. The Hall–Kier alpha value is 0.290. The molecule has 1 heteroatoms. The normalized spacial score (nSPS) is 12.4. The topological polar surface area (TPSA) is 0 Å². The van der Waals surface area contributed by atoms with Crippen molar-refractivity contribution in [1.29, 1.82) is 0 Å². The van der Waals surface area contributed by atoms with Gasteiger partial charge in [-0.2, -0.15) is 0 Å². The highest BCUT2D eigenvalue weighted by Gasteiger charge is 2.04. The Labute approximate surface area is 248 Å². The van der Waals surface area contributed by atoms with Crippen LogP contribution in [0.4, 0.5) is 0 Å². The summed E-state index contributed by atoms with van der Waals surface area (Å²) in [6.07, 6.45) is 48.9. The third kappa shape index (κ3) is 34.3. The summed E-state index contributed by atoms with van der Waals surface area (Å²) < 4.78 is 0. The van der Waals surface area contributed by atoms with Gasteiger partial charge in [0.1, 0.15) is 0 Å². The van der Waals surface area contributed by atoms with Gasteiger partial charge in [-0.05, 0) is 12.8 Å². The number of unbranched alkanes of at least 4 members (excludes halogenated alkanes) is 30. The molecule has 230 valence electrons. The van der Waals surface area contributed by atoms with E-state index in [1.165, 1.54) is 218 Å². The van der Waals surface area contributed by atoms with Gasteiger partial charge in [-0.1, -0.05) is 219 Å². The van der Waals surface area contributed by atoms with Gasteiger partial charge in [-0.3, -0.25) is 0 Å². The molecule has 0 amide bonds. The van der Waals surface area contributed by atoms with Gasteiger partial charge in [0.25, 0.3) is 0 Å². The van der Waals surface area contributed by atoms with Crippen molar-refractivity contribution in [3.05, 3.63) is 0 Å². The van der Waals surface area contributed by atoms with Crippen molar-refractivity contribution in [1.82, 2.24) is 0 Å². The van der Waals surface area contributed by atoms with E-state index >= 15 is 0 Å². The second-order valence-corrected chi connectivity index (χ2v) is 13.4. The van der Waals surface area contributed by atoms with Crippen molar-refractivity contribution < 1.29 is 0 Å². The Balaban J connectivity index is 3.09. The molecule has 0 aliphatic rings. The van der Waals surface area contributed by atoms with Crippen LogP contribution >= 0.6 is 11.6 Å². The molecule has 0 aromatic rings. The number of alkyl halides is 1. The lowest BCUT2D eigenvalue weighted by Crippen LogP contribution is -1.98. The van der Waals surface area contributed by atoms with E-state index in [0.717, 1.165) is 0 Å². The quantitative estimate of drug-likeness (QED) is 0.0547. The molecule has 0 spiro atoms. The molecule has 1 unspecified atom stereocenters. The van der Waals surface area contributed by atoms with Crippen molar-refractivity contribution in [2.75, 3.05) is 0 Å². The SMILES string of the molecule is CCCCCCCCCCCCCCCCCCCCCCCCCCCC(Cl)CCCCCCCCC. The standard InChI is InChI=1S/C37H75Cl/c1-3-5-7-9-11-12-13-14-15-16-17-18-19-20-21-22-23-24-25-26-27-28-30-32-34-36-37(38)35-33-31-29-10-8-6-4-2/h37H,3-36H2,1-2H3. The highest BCUT2D eigenvalue weighted by Crippen LogP contribution is 2.19. The van der Waals surface area contributed by atoms with Gasteiger partial charge in [-0.25, -0.2) is 0 Å². The van der Waals surface area contributed by atoms with Crippen molar-refractivity contribution in [2.24, 2.45) is 0 Å². The molecule has 1 atom stereocenters. The maximum Gasteiger partial charge on any atom is 0.0336 e. The van der Waals surface area contributed by atoms with E-state index in [0.29, 0.717) is 5.38 Å². The van der Waals surface area contributed by atoms with Crippen LogP contribution in [-0.2, 0) is 0 Å². The van der Waals surface area contributed by atoms with Crippen LogP contribution in [0.15, 0.2) is 0 Å². The first-order chi connectivity index (χ1) is 18.8. The molecule has 0 radical (unpaired) electrons. The number of rotatable bonds is 34. The zero-order valence-electron chi connectivity index (χ0n) is 27.0. The number of hydrogen-bond donors (Lipinski definition) is 0. The van der Waals surface area contributed by atoms with Crippen molar-refractivity contribution in [3.63, 3.8) is 0 Å². The molecule has 0 saturated heterocycles. The van der Waals surface area contributed by atoms with Crippen LogP contribution in [0, 0.1) is 0 Å². The summed E-state index contributed by atoms with van der Waals surface area (Å²) in [5.41, 5.74) is 0. The van der Waals surface area contributed by atoms with Crippen LogP contribution in [0.5, 0.6) is 0 Å². The average molecular weight is 555 g/mol. The molecule has 0 aromatic carbocycles. The summed E-state index contributed by atoms with van der Waals surface area (Å²) in [6.45, 7) is 4.60. The van der Waals surface area contributed by atoms with Crippen LogP contribution < -0.4 is 0 Å². The van der Waals surface area contributed by atoms with Crippen LogP contribution in [0.1, 0.15) is 232 Å². The van der Waals surface area contributed by atoms with Crippen LogP contribution in [0.3, 0.4) is 0 Å². The molecular weight excluding hydrogens is 480 g/mol. The number of hydrogen-bond acceptors (Lipinski definition) is 0. The third-order valence-electron chi connectivity index (χ3n) is 8.74. The summed E-state index contributed by atoms with van der Waals surface area (Å²) in [7, 11) is 0. The predicted octanol–water partition coefficient (Wildman–Crippen LogP) is 14.9. The average Bonchev–Trinajstić information content (AvgIpc) is 2.92. The van der Waals surface area contributed by atoms with Gasteiger partial charge in [0.2, 0.25) is 0 Å². The van der Waals surface area contributed by atoms with Gasteiger partial charge < -0.3 is 0 Å². The first-order valence-corrected chi connectivity index (χ1v) is 18.9. The van der Waals surface area contributed by atoms with Crippen LogP contribution in [0.25, 0.3) is 0 Å². The van der Waals surface area contributed by atoms with Crippen molar-refractivity contribution in [2.45, 2.75) is 238 Å². The van der Waals surface area contributed by atoms with E-state index < -0.39 is 0 Å². The zero-order valence-corrected chi connectivity index (χ0v) is 27.8. The monoisotopic (exact) mass is 555 g/mol. The molecule has 0 fully saturated rings. The maximum absolute atomic E-state index is 6.55. The van der Waals surface area contributed by atoms with E-state index in [9.17, 15) is 0 Å². The van der Waals surface area contributed by atoms with Gasteiger partial charge in [0.15, 0.2) is 0 Å². The molecule has 0 heterocycles. The minimum absolute atomic E-state index is 0.440. The minimum Gasteiger partial charge on any atom is -0.123 e. The Kier molecular flexibility index (Phi) is 35.6. The third-order valence-corrected chi connectivity index (χ3v) is 9.18. The van der Waals surface area contributed by atoms with E-state index in [-0.39, 0.29) is 0 Å². The Morgan fingerprint density at radius 1 is 0.263 bits per heavy atom. The summed E-state index contributed by atoms with van der Waals surface area (Å²) in [5, 5.41) is 0.440. The highest BCUT2D eigenvalue weighted by molar-refractivity contribution is 6.20. The fourth-order valence-corrected chi connectivity index (χ4v) is 6.28. The first kappa shape index (κ1) is 38.3. The zero-order chi connectivity index (χ0) is 27.6. The van der Waals surface area contributed by atoms with Crippen molar-refractivity contribution in [3.8, 4) is 0 Å². The van der Waals surface area contributed by atoms with E-state index in [2.05, 4.69) is 13.8 Å². The van der Waals surface area contributed by atoms with Gasteiger partial charge >= 0.3 is 0 Å². The predicted molar refractivity (Wildman–Crippen MR) is 178 cm³/mol. The highest BCUT2D eigenvalue weighted by atomic mass is 35.5. The van der Waals surface area contributed by atoms with Crippen LogP contribution in [0.2, 0.25) is 0 Å². The smallest absolute Gasteiger partial charge is 0.0336 e. The Morgan fingerprint density at radius 2 is 0.421 bits per heavy atom. The van der Waals surface area contributed by atoms with E-state index in [1.807, 2.05) is 0 Å². The molecule has 0 nitrogen and oxygen atoms in total. The summed E-state index contributed by atoms with van der Waals surface area (Å²) in [6, 6.07) is 0. The largest absolute Gasteiger partial charge is 0.123 e. The molecule has 0 bridgehead atoms. The van der Waals surface area contributed by atoms with Gasteiger partial charge in [-0.15, -0.1) is 11.6 Å². The first-order valence-electron chi connectivity index (χ1n) is 18.4. The molecule has 0 aromatic heterocycles. The molecule has 0 N–H and O–H groups in total. The molecule has 0 aliphatic heterocycles. The summed E-state index contributed by atoms with van der Waals surface area (Å²) in [4.78, 5) is 0. The minimum atomic E-state index is 0.440. The summed E-state index contributed by atoms with van der Waals surface area (Å²) >= 11 is 6.55. The lowest BCUT2D eigenvalue weighted by atomic mass is 10.0. The van der Waals surface area contributed by atoms with Gasteiger partial charge in [0, 0.05) is 5.38 Å². The fraction of sp³-hybridized carbons (Fsp3) is 1.00. The Bertz CT molecular complexity index is 392. The lowest BCUT2D eigenvalue weighted by molar-refractivity contribution is 0.512.